The van der Waals surface area contributed by atoms with Crippen molar-refractivity contribution < 1.29 is 27.8 Å². The molecule has 3 aliphatic rings. The lowest BCUT2D eigenvalue weighted by molar-refractivity contribution is 0.107. The molecule has 2 fully saturated rings. The number of ether oxygens (including phenoxy) is 2. The highest BCUT2D eigenvalue weighted by Crippen LogP contribution is 2.43. The van der Waals surface area contributed by atoms with E-state index < -0.39 is 23.3 Å². The molecule has 8 nitrogen and oxygen atoms in total. The lowest BCUT2D eigenvalue weighted by Gasteiger charge is -2.31. The Balaban J connectivity index is 1.43. The third-order valence-electron chi connectivity index (χ3n) is 8.98. The monoisotopic (exact) mass is 589 g/mol. The molecule has 0 aliphatic carbocycles. The van der Waals surface area contributed by atoms with Crippen LogP contribution in [0.25, 0.3) is 32.9 Å². The fourth-order valence-corrected chi connectivity index (χ4v) is 6.87. The molecule has 2 aromatic carbocycles. The minimum Gasteiger partial charge on any atom is -0.475 e. The van der Waals surface area contributed by atoms with Crippen LogP contribution in [0.1, 0.15) is 31.7 Å². The molecule has 222 valence electrons. The number of aliphatic hydroxyl groups excluding tert-OH is 1. The van der Waals surface area contributed by atoms with Gasteiger partial charge in [-0.25, -0.2) is 18.2 Å². The maximum absolute atomic E-state index is 16.7. The lowest BCUT2D eigenvalue weighted by atomic mass is 9.95. The highest BCUT2D eigenvalue weighted by molar-refractivity contribution is 6.03. The average molecular weight is 590 g/mol. The minimum absolute atomic E-state index is 0.000342. The molecule has 0 amide bonds. The van der Waals surface area contributed by atoms with Crippen molar-refractivity contribution in [2.75, 3.05) is 44.4 Å². The van der Waals surface area contributed by atoms with Crippen LogP contribution in [0.15, 0.2) is 30.3 Å². The highest BCUT2D eigenvalue weighted by Gasteiger charge is 2.49. The van der Waals surface area contributed by atoms with Gasteiger partial charge in [0.15, 0.2) is 5.82 Å². The molecule has 3 aliphatic heterocycles. The summed E-state index contributed by atoms with van der Waals surface area (Å²) in [4.78, 5) is 17.7. The summed E-state index contributed by atoms with van der Waals surface area (Å²) in [5.41, 5.74) is -0.371. The number of rotatable bonds is 6. The first kappa shape index (κ1) is 27.7. The summed E-state index contributed by atoms with van der Waals surface area (Å²) in [5.74, 6) is 1.44. The Labute approximate surface area is 246 Å². The number of hydrogen-bond donors (Lipinski definition) is 1. The van der Waals surface area contributed by atoms with E-state index in [1.54, 1.807) is 24.3 Å². The van der Waals surface area contributed by atoms with Crippen LogP contribution in [0, 0.1) is 24.0 Å². The molecule has 11 heteroatoms. The van der Waals surface area contributed by atoms with Crippen molar-refractivity contribution in [3.05, 3.63) is 47.5 Å². The fourth-order valence-electron chi connectivity index (χ4n) is 6.87. The highest BCUT2D eigenvalue weighted by atomic mass is 19.1. The van der Waals surface area contributed by atoms with Crippen molar-refractivity contribution in [3.8, 4) is 35.5 Å². The Bertz CT molecular complexity index is 1800. The summed E-state index contributed by atoms with van der Waals surface area (Å²) < 4.78 is 58.1. The van der Waals surface area contributed by atoms with Gasteiger partial charge in [0.2, 0.25) is 5.88 Å². The molecule has 2 saturated heterocycles. The number of benzene rings is 2. The molecule has 7 rings (SSSR count). The molecule has 0 radical (unpaired) electrons. The normalized spacial score (nSPS) is 22.3. The molecule has 1 N–H and O–H groups in total. The van der Waals surface area contributed by atoms with Crippen molar-refractivity contribution in [1.82, 2.24) is 19.9 Å². The van der Waals surface area contributed by atoms with Gasteiger partial charge < -0.3 is 19.5 Å². The van der Waals surface area contributed by atoms with E-state index in [1.807, 2.05) is 11.8 Å². The molecule has 0 unspecified atom stereocenters. The molecule has 0 spiro atoms. The van der Waals surface area contributed by atoms with Gasteiger partial charge in [-0.3, -0.25) is 4.90 Å². The second-order valence-electron chi connectivity index (χ2n) is 11.5. The minimum atomic E-state index is -0.934. The van der Waals surface area contributed by atoms with Crippen molar-refractivity contribution in [2.24, 2.45) is 0 Å². The number of anilines is 1. The second kappa shape index (κ2) is 10.5. The number of halogens is 3. The zero-order chi connectivity index (χ0) is 29.9. The van der Waals surface area contributed by atoms with Crippen LogP contribution in [0.4, 0.5) is 19.0 Å². The van der Waals surface area contributed by atoms with Gasteiger partial charge in [0.05, 0.1) is 30.3 Å². The smallest absolute Gasteiger partial charge is 0.319 e. The van der Waals surface area contributed by atoms with Gasteiger partial charge in [-0.1, -0.05) is 30.2 Å². The van der Waals surface area contributed by atoms with Gasteiger partial charge in [0.25, 0.3) is 0 Å². The standard InChI is InChI=1S/C32H30F3N5O3/c1-3-21-23(34)9-8-19-6-4-7-22(24(19)21)27-26(35)28-25-29(40(18(2)16-41)12-13-42-30(25)36-27)38-31(37-28)43-17-32-10-5-11-39(32)15-20(33)14-32/h1,4,6-9,18,20,41H,5,10-17H2,2H3/t18-,20-,32+/m1/s1. The van der Waals surface area contributed by atoms with E-state index in [-0.39, 0.29) is 65.5 Å². The molecule has 5 heterocycles. The Kier molecular flexibility index (Phi) is 6.78. The Hall–Kier alpha value is -4.14. The summed E-state index contributed by atoms with van der Waals surface area (Å²) in [5, 5.41) is 11.2. The molecule has 0 bridgehead atoms. The first-order chi connectivity index (χ1) is 20.8. The maximum atomic E-state index is 16.7. The molecule has 0 saturated carbocycles. The molecule has 3 atom stereocenters. The zero-order valence-corrected chi connectivity index (χ0v) is 23.6. The third kappa shape index (κ3) is 4.43. The number of pyridine rings is 1. The van der Waals surface area contributed by atoms with Crippen molar-refractivity contribution in [1.29, 1.82) is 0 Å². The largest absolute Gasteiger partial charge is 0.475 e. The van der Waals surface area contributed by atoms with Gasteiger partial charge in [-0.15, -0.1) is 6.42 Å². The maximum Gasteiger partial charge on any atom is 0.319 e. The number of nitrogens with zero attached hydrogens (tertiary/aromatic N) is 5. The number of aliphatic hydroxyl groups is 1. The van der Waals surface area contributed by atoms with Crippen molar-refractivity contribution >= 4 is 27.5 Å². The van der Waals surface area contributed by atoms with E-state index in [9.17, 15) is 13.9 Å². The van der Waals surface area contributed by atoms with Gasteiger partial charge in [-0.05, 0) is 37.8 Å². The zero-order valence-electron chi connectivity index (χ0n) is 23.6. The predicted octanol–water partition coefficient (Wildman–Crippen LogP) is 4.64. The van der Waals surface area contributed by atoms with Gasteiger partial charge in [-0.2, -0.15) is 9.97 Å². The van der Waals surface area contributed by atoms with E-state index in [0.717, 1.165) is 19.4 Å². The van der Waals surface area contributed by atoms with Gasteiger partial charge in [0.1, 0.15) is 47.6 Å². The van der Waals surface area contributed by atoms with Crippen LogP contribution < -0.4 is 14.4 Å². The van der Waals surface area contributed by atoms with Gasteiger partial charge in [0, 0.05) is 23.9 Å². The number of alkyl halides is 1. The number of hydrogen-bond acceptors (Lipinski definition) is 8. The van der Waals surface area contributed by atoms with E-state index in [1.165, 1.54) is 6.07 Å². The summed E-state index contributed by atoms with van der Waals surface area (Å²) in [6, 6.07) is 7.52. The van der Waals surface area contributed by atoms with E-state index in [2.05, 4.69) is 25.8 Å². The Morgan fingerprint density at radius 1 is 1.19 bits per heavy atom. The summed E-state index contributed by atoms with van der Waals surface area (Å²) in [7, 11) is 0. The Morgan fingerprint density at radius 3 is 2.86 bits per heavy atom. The fraction of sp³-hybridized carbons (Fsp3) is 0.406. The van der Waals surface area contributed by atoms with E-state index in [0.29, 0.717) is 36.1 Å². The molecule has 43 heavy (non-hydrogen) atoms. The summed E-state index contributed by atoms with van der Waals surface area (Å²) >= 11 is 0. The first-order valence-corrected chi connectivity index (χ1v) is 14.4. The van der Waals surface area contributed by atoms with Crippen molar-refractivity contribution in [2.45, 2.75) is 43.9 Å². The van der Waals surface area contributed by atoms with Crippen molar-refractivity contribution in [3.63, 3.8) is 0 Å². The summed E-state index contributed by atoms with van der Waals surface area (Å²) in [6.45, 7) is 3.47. The average Bonchev–Trinajstić information content (AvgIpc) is 3.47. The van der Waals surface area contributed by atoms with E-state index in [4.69, 9.17) is 15.9 Å². The van der Waals surface area contributed by atoms with Gasteiger partial charge >= 0.3 is 6.01 Å². The molecule has 2 aromatic heterocycles. The molecule has 4 aromatic rings. The van der Waals surface area contributed by atoms with Crippen LogP contribution in [-0.4, -0.2) is 82.2 Å². The van der Waals surface area contributed by atoms with Crippen LogP contribution in [-0.2, 0) is 0 Å². The van der Waals surface area contributed by atoms with Crippen LogP contribution in [0.3, 0.4) is 0 Å². The topological polar surface area (TPSA) is 83.8 Å². The quantitative estimate of drug-likeness (QED) is 0.326. The van der Waals surface area contributed by atoms with Crippen LogP contribution >= 0.6 is 0 Å². The second-order valence-corrected chi connectivity index (χ2v) is 11.5. The van der Waals surface area contributed by atoms with E-state index >= 15 is 4.39 Å². The Morgan fingerprint density at radius 2 is 2.05 bits per heavy atom. The third-order valence-corrected chi connectivity index (χ3v) is 8.98. The number of fused-ring (bicyclic) bond motifs is 2. The van der Waals surface area contributed by atoms with Crippen LogP contribution in [0.5, 0.6) is 11.9 Å². The number of terminal acetylenes is 1. The summed E-state index contributed by atoms with van der Waals surface area (Å²) in [6.07, 6.45) is 6.84. The first-order valence-electron chi connectivity index (χ1n) is 14.4. The molecular weight excluding hydrogens is 559 g/mol. The van der Waals surface area contributed by atoms with Crippen LogP contribution in [0.2, 0.25) is 0 Å². The number of aromatic nitrogens is 3. The lowest BCUT2D eigenvalue weighted by Crippen LogP contribution is -2.43. The predicted molar refractivity (Wildman–Crippen MR) is 156 cm³/mol. The SMILES string of the molecule is C#Cc1c(F)ccc2cccc(-c3nc4c5c(nc(OC[C@@]67CCCN6C[C@H](F)C7)nc5c3F)N([C@H](C)CO)CCO4)c12. The molecular formula is C32H30F3N5O3.